The van der Waals surface area contributed by atoms with Crippen LogP contribution in [0.15, 0.2) is 0 Å². The predicted molar refractivity (Wildman–Crippen MR) is 86.9 cm³/mol. The second kappa shape index (κ2) is 10.0. The molecule has 1 fully saturated rings. The second-order valence-electron chi connectivity index (χ2n) is 6.42. The fourth-order valence-corrected chi connectivity index (χ4v) is 3.95. The van der Waals surface area contributed by atoms with Gasteiger partial charge in [-0.15, -0.1) is 11.6 Å². The highest BCUT2D eigenvalue weighted by Crippen LogP contribution is 2.28. The Morgan fingerprint density at radius 3 is 2.05 bits per heavy atom. The normalized spacial score (nSPS) is 26.5. The Kier molecular flexibility index (Phi) is 9.15. The summed E-state index contributed by atoms with van der Waals surface area (Å²) in [5, 5.41) is 0. The molecule has 0 aromatic heterocycles. The summed E-state index contributed by atoms with van der Waals surface area (Å²) in [6.45, 7) is 6.96. The third kappa shape index (κ3) is 6.49. The van der Waals surface area contributed by atoms with Gasteiger partial charge in [0.1, 0.15) is 0 Å². The molecule has 0 radical (unpaired) electrons. The molecule has 0 spiro atoms. The molecule has 2 heteroatoms. The molecule has 1 saturated heterocycles. The third-order valence-electron chi connectivity index (χ3n) is 4.63. The maximum atomic E-state index is 6.64. The molecule has 0 aromatic rings. The lowest BCUT2D eigenvalue weighted by atomic mass is 9.97. The molecule has 3 atom stereocenters. The summed E-state index contributed by atoms with van der Waals surface area (Å²) in [6.07, 6.45) is 14.8. The van der Waals surface area contributed by atoms with E-state index in [0.29, 0.717) is 12.1 Å². The summed E-state index contributed by atoms with van der Waals surface area (Å²) in [7, 11) is 0. The average Bonchev–Trinajstić information content (AvgIpc) is 2.37. The number of hydrogen-bond acceptors (Lipinski definition) is 1. The fraction of sp³-hybridized carbons (Fsp3) is 1.00. The molecule has 1 rings (SSSR count). The lowest BCUT2D eigenvalue weighted by Gasteiger charge is -2.42. The van der Waals surface area contributed by atoms with Crippen LogP contribution in [0, 0.1) is 0 Å². The first-order valence-corrected chi connectivity index (χ1v) is 9.02. The molecule has 0 amide bonds. The summed E-state index contributed by atoms with van der Waals surface area (Å²) in [6, 6.07) is 1.35. The van der Waals surface area contributed by atoms with Gasteiger partial charge in [0.15, 0.2) is 0 Å². The van der Waals surface area contributed by atoms with E-state index in [2.05, 4.69) is 25.7 Å². The number of likely N-dealkylation sites (tertiary alicyclic amines) is 1. The Balaban J connectivity index is 2.10. The van der Waals surface area contributed by atoms with Gasteiger partial charge in [-0.1, -0.05) is 58.3 Å². The zero-order valence-corrected chi connectivity index (χ0v) is 14.1. The Hall–Kier alpha value is 0.250. The van der Waals surface area contributed by atoms with Gasteiger partial charge >= 0.3 is 0 Å². The standard InChI is InChI=1S/C17H34ClN/c1-4-5-6-7-8-9-10-14-17(18)19-15(2)12-11-13-16(19)3/h15-17H,4-14H2,1-3H3. The van der Waals surface area contributed by atoms with Crippen LogP contribution in [0.2, 0.25) is 0 Å². The van der Waals surface area contributed by atoms with E-state index in [0.717, 1.165) is 0 Å². The number of alkyl halides is 1. The summed E-state index contributed by atoms with van der Waals surface area (Å²) >= 11 is 6.64. The van der Waals surface area contributed by atoms with E-state index < -0.39 is 0 Å². The van der Waals surface area contributed by atoms with Crippen molar-refractivity contribution in [1.82, 2.24) is 4.90 Å². The van der Waals surface area contributed by atoms with E-state index in [9.17, 15) is 0 Å². The number of rotatable bonds is 9. The van der Waals surface area contributed by atoms with Gasteiger partial charge in [0.2, 0.25) is 0 Å². The van der Waals surface area contributed by atoms with Gasteiger partial charge in [0.05, 0.1) is 5.50 Å². The van der Waals surface area contributed by atoms with Crippen molar-refractivity contribution in [3.63, 3.8) is 0 Å². The Morgan fingerprint density at radius 2 is 1.47 bits per heavy atom. The van der Waals surface area contributed by atoms with Crippen LogP contribution in [-0.2, 0) is 0 Å². The minimum Gasteiger partial charge on any atom is -0.282 e. The Labute approximate surface area is 126 Å². The van der Waals surface area contributed by atoms with Gasteiger partial charge in [-0.25, -0.2) is 0 Å². The van der Waals surface area contributed by atoms with E-state index >= 15 is 0 Å². The molecule has 1 aliphatic heterocycles. The molecule has 19 heavy (non-hydrogen) atoms. The van der Waals surface area contributed by atoms with Crippen molar-refractivity contribution in [3.05, 3.63) is 0 Å². The first-order valence-electron chi connectivity index (χ1n) is 8.58. The van der Waals surface area contributed by atoms with Crippen molar-refractivity contribution in [1.29, 1.82) is 0 Å². The van der Waals surface area contributed by atoms with Gasteiger partial charge in [0, 0.05) is 12.1 Å². The molecule has 1 aliphatic rings. The number of unbranched alkanes of at least 4 members (excludes halogenated alkanes) is 6. The first-order chi connectivity index (χ1) is 9.16. The maximum Gasteiger partial charge on any atom is 0.0854 e. The highest BCUT2D eigenvalue weighted by Gasteiger charge is 2.29. The topological polar surface area (TPSA) is 3.24 Å². The van der Waals surface area contributed by atoms with Gasteiger partial charge in [0.25, 0.3) is 0 Å². The molecule has 1 nitrogen and oxygen atoms in total. The Bertz CT molecular complexity index is 209. The number of nitrogens with zero attached hydrogens (tertiary/aromatic N) is 1. The molecule has 3 unspecified atom stereocenters. The first kappa shape index (κ1) is 17.3. The van der Waals surface area contributed by atoms with E-state index in [-0.39, 0.29) is 5.50 Å². The number of halogens is 1. The molecule has 0 saturated carbocycles. The third-order valence-corrected chi connectivity index (χ3v) is 5.07. The number of hydrogen-bond donors (Lipinski definition) is 0. The quantitative estimate of drug-likeness (QED) is 0.287. The van der Waals surface area contributed by atoms with E-state index in [4.69, 9.17) is 11.6 Å². The van der Waals surface area contributed by atoms with Crippen molar-refractivity contribution in [2.45, 2.75) is 109 Å². The van der Waals surface area contributed by atoms with Crippen molar-refractivity contribution in [2.24, 2.45) is 0 Å². The van der Waals surface area contributed by atoms with Gasteiger partial charge in [-0.2, -0.15) is 0 Å². The van der Waals surface area contributed by atoms with Crippen LogP contribution in [0.5, 0.6) is 0 Å². The molecule has 114 valence electrons. The largest absolute Gasteiger partial charge is 0.282 e. The van der Waals surface area contributed by atoms with Crippen LogP contribution in [0.25, 0.3) is 0 Å². The fourth-order valence-electron chi connectivity index (χ4n) is 3.41. The molecule has 0 aromatic carbocycles. The van der Waals surface area contributed by atoms with Gasteiger partial charge < -0.3 is 0 Å². The summed E-state index contributed by atoms with van der Waals surface area (Å²) in [5.74, 6) is 0. The zero-order valence-electron chi connectivity index (χ0n) is 13.3. The smallest absolute Gasteiger partial charge is 0.0854 e. The van der Waals surface area contributed by atoms with E-state index in [1.54, 1.807) is 0 Å². The molecular formula is C17H34ClN. The minimum absolute atomic E-state index is 0.265. The van der Waals surface area contributed by atoms with Crippen LogP contribution < -0.4 is 0 Å². The van der Waals surface area contributed by atoms with Crippen LogP contribution in [0.4, 0.5) is 0 Å². The summed E-state index contributed by atoms with van der Waals surface area (Å²) < 4.78 is 0. The predicted octanol–water partition coefficient (Wildman–Crippen LogP) is 5.95. The minimum atomic E-state index is 0.265. The second-order valence-corrected chi connectivity index (χ2v) is 6.92. The lowest BCUT2D eigenvalue weighted by Crippen LogP contribution is -2.47. The zero-order chi connectivity index (χ0) is 14.1. The molecular weight excluding hydrogens is 254 g/mol. The SMILES string of the molecule is CCCCCCCCCC(Cl)N1C(C)CCCC1C. The molecule has 1 heterocycles. The van der Waals surface area contributed by atoms with Crippen molar-refractivity contribution < 1.29 is 0 Å². The Morgan fingerprint density at radius 1 is 0.947 bits per heavy atom. The van der Waals surface area contributed by atoms with Gasteiger partial charge in [-0.3, -0.25) is 4.90 Å². The summed E-state index contributed by atoms with van der Waals surface area (Å²) in [5.41, 5.74) is 0.265. The average molecular weight is 288 g/mol. The van der Waals surface area contributed by atoms with Crippen LogP contribution in [0.3, 0.4) is 0 Å². The van der Waals surface area contributed by atoms with Gasteiger partial charge in [-0.05, 0) is 33.1 Å². The van der Waals surface area contributed by atoms with Crippen molar-refractivity contribution in [2.75, 3.05) is 0 Å². The van der Waals surface area contributed by atoms with Crippen LogP contribution >= 0.6 is 11.6 Å². The van der Waals surface area contributed by atoms with E-state index in [1.165, 1.54) is 70.6 Å². The van der Waals surface area contributed by atoms with Crippen molar-refractivity contribution >= 4 is 11.6 Å². The highest BCUT2D eigenvalue weighted by atomic mass is 35.5. The summed E-state index contributed by atoms with van der Waals surface area (Å²) in [4.78, 5) is 2.56. The number of piperidine rings is 1. The molecule has 0 aliphatic carbocycles. The van der Waals surface area contributed by atoms with Crippen LogP contribution in [0.1, 0.15) is 91.4 Å². The van der Waals surface area contributed by atoms with Crippen molar-refractivity contribution in [3.8, 4) is 0 Å². The highest BCUT2D eigenvalue weighted by molar-refractivity contribution is 6.20. The van der Waals surface area contributed by atoms with Crippen LogP contribution in [-0.4, -0.2) is 22.5 Å². The molecule has 0 bridgehead atoms. The lowest BCUT2D eigenvalue weighted by molar-refractivity contribution is 0.0835. The van der Waals surface area contributed by atoms with E-state index in [1.807, 2.05) is 0 Å². The maximum absolute atomic E-state index is 6.64. The molecule has 0 N–H and O–H groups in total. The monoisotopic (exact) mass is 287 g/mol.